The van der Waals surface area contributed by atoms with E-state index in [1.807, 2.05) is 0 Å². The molecule has 0 spiro atoms. The molecule has 0 saturated heterocycles. The fourth-order valence-corrected chi connectivity index (χ4v) is 5.67. The Labute approximate surface area is 215 Å². The molecule has 1 saturated carbocycles. The van der Waals surface area contributed by atoms with Gasteiger partial charge in [0.05, 0.1) is 19.2 Å². The van der Waals surface area contributed by atoms with Crippen molar-refractivity contribution < 1.29 is 22.6 Å². The second-order valence-electron chi connectivity index (χ2n) is 8.48. The maximum absolute atomic E-state index is 13.5. The van der Waals surface area contributed by atoms with Gasteiger partial charge >= 0.3 is 0 Å². The minimum Gasteiger partial charge on any atom is -0.494 e. The highest BCUT2D eigenvalue weighted by molar-refractivity contribution is 7.93. The third-order valence-corrected chi connectivity index (χ3v) is 8.22. The van der Waals surface area contributed by atoms with Gasteiger partial charge in [-0.1, -0.05) is 30.5 Å². The van der Waals surface area contributed by atoms with Gasteiger partial charge in [-0.3, -0.25) is 9.29 Å². The van der Waals surface area contributed by atoms with Crippen molar-refractivity contribution in [3.63, 3.8) is 0 Å². The highest BCUT2D eigenvalue weighted by Crippen LogP contribution is 2.40. The molecule has 1 aliphatic carbocycles. The molecule has 1 fully saturated rings. The zero-order valence-electron chi connectivity index (χ0n) is 20.5. The van der Waals surface area contributed by atoms with E-state index in [9.17, 15) is 8.42 Å². The van der Waals surface area contributed by atoms with Gasteiger partial charge in [-0.15, -0.1) is 10.2 Å². The molecular formula is C23H29ClN6O5S. The zero-order chi connectivity index (χ0) is 25.9. The molecule has 2 heterocycles. The van der Waals surface area contributed by atoms with Crippen LogP contribution in [0.15, 0.2) is 30.6 Å². The maximum atomic E-state index is 13.5. The average molecular weight is 537 g/mol. The molecule has 0 radical (unpaired) electrons. The smallest absolute Gasteiger partial charge is 0.243 e. The summed E-state index contributed by atoms with van der Waals surface area (Å²) in [5.41, 5.74) is 0.518. The number of rotatable bonds is 10. The van der Waals surface area contributed by atoms with Crippen LogP contribution in [-0.2, 0) is 14.8 Å². The Morgan fingerprint density at radius 2 is 1.67 bits per heavy atom. The van der Waals surface area contributed by atoms with Crippen molar-refractivity contribution in [2.24, 2.45) is 0 Å². The van der Waals surface area contributed by atoms with E-state index in [0.29, 0.717) is 28.0 Å². The number of nitrogens with one attached hydrogen (secondary N) is 1. The number of anilines is 1. The number of aromatic nitrogens is 5. The normalized spacial score (nSPS) is 16.0. The first-order valence-electron chi connectivity index (χ1n) is 11.5. The Balaban J connectivity index is 1.77. The summed E-state index contributed by atoms with van der Waals surface area (Å²) in [6.07, 6.45) is 5.81. The molecule has 3 aromatic rings. The largest absolute Gasteiger partial charge is 0.494 e. The lowest BCUT2D eigenvalue weighted by atomic mass is 10.1. The van der Waals surface area contributed by atoms with Crippen LogP contribution >= 0.6 is 11.6 Å². The molecule has 36 heavy (non-hydrogen) atoms. The van der Waals surface area contributed by atoms with Crippen molar-refractivity contribution in [1.29, 1.82) is 0 Å². The van der Waals surface area contributed by atoms with Gasteiger partial charge in [-0.2, -0.15) is 0 Å². The Kier molecular flexibility index (Phi) is 7.96. The number of sulfonamides is 1. The number of nitrogens with zero attached hydrogens (tertiary/aromatic N) is 5. The lowest BCUT2D eigenvalue weighted by molar-refractivity contribution is 0.0950. The number of hydrogen-bond acceptors (Lipinski definition) is 9. The van der Waals surface area contributed by atoms with Gasteiger partial charge in [-0.25, -0.2) is 18.4 Å². The summed E-state index contributed by atoms with van der Waals surface area (Å²) in [6, 6.07) is 5.34. The SMILES string of the molecule is COc1cccc(OC)c1-n1c(NS(=O)(=O)[C@@H](C)[C@H](OC)c2ncc(Cl)cn2)nnc1C1CCCC1. The lowest BCUT2D eigenvalue weighted by Gasteiger charge is -2.23. The summed E-state index contributed by atoms with van der Waals surface area (Å²) in [6.45, 7) is 1.51. The quantitative estimate of drug-likeness (QED) is 0.409. The van der Waals surface area contributed by atoms with Crippen molar-refractivity contribution in [3.05, 3.63) is 47.3 Å². The summed E-state index contributed by atoms with van der Waals surface area (Å²) >= 11 is 5.88. The fourth-order valence-electron chi connectivity index (χ4n) is 4.44. The van der Waals surface area contributed by atoms with Crippen LogP contribution in [0.3, 0.4) is 0 Å². The van der Waals surface area contributed by atoms with E-state index in [1.54, 1.807) is 37.0 Å². The second kappa shape index (κ2) is 11.0. The van der Waals surface area contributed by atoms with Gasteiger partial charge in [0.2, 0.25) is 16.0 Å². The van der Waals surface area contributed by atoms with E-state index in [2.05, 4.69) is 24.9 Å². The lowest BCUT2D eigenvalue weighted by Crippen LogP contribution is -2.33. The topological polar surface area (TPSA) is 130 Å². The molecule has 2 aromatic heterocycles. The molecule has 13 heteroatoms. The van der Waals surface area contributed by atoms with E-state index in [-0.39, 0.29) is 17.7 Å². The summed E-state index contributed by atoms with van der Waals surface area (Å²) < 4.78 is 48.1. The molecule has 0 aliphatic heterocycles. The Morgan fingerprint density at radius 3 is 2.22 bits per heavy atom. The Hall–Kier alpha value is -2.96. The molecule has 2 atom stereocenters. The monoisotopic (exact) mass is 536 g/mol. The van der Waals surface area contributed by atoms with Gasteiger partial charge in [0.15, 0.2) is 5.82 Å². The van der Waals surface area contributed by atoms with E-state index < -0.39 is 21.4 Å². The van der Waals surface area contributed by atoms with E-state index in [4.69, 9.17) is 25.8 Å². The number of hydrogen-bond donors (Lipinski definition) is 1. The molecule has 1 aliphatic rings. The summed E-state index contributed by atoms with van der Waals surface area (Å²) in [5.74, 6) is 1.97. The summed E-state index contributed by atoms with van der Waals surface area (Å²) in [7, 11) is 0.424. The van der Waals surface area contributed by atoms with Crippen LogP contribution in [0.1, 0.15) is 56.3 Å². The standard InChI is InChI=1S/C23H29ClN6O5S/c1-14(20(35-4)21-25-12-16(24)13-26-21)36(31,32)29-23-28-27-22(15-8-5-6-9-15)30(23)19-17(33-2)10-7-11-18(19)34-3/h7,10-15,20H,5-6,8-9H2,1-4H3,(H,28,29)/t14-,20-/m0/s1. The van der Waals surface area contributed by atoms with Gasteiger partial charge in [-0.05, 0) is 31.9 Å². The molecule has 194 valence electrons. The maximum Gasteiger partial charge on any atom is 0.243 e. The third-order valence-electron chi connectivity index (χ3n) is 6.33. The van der Waals surface area contributed by atoms with Crippen LogP contribution in [0.5, 0.6) is 11.5 Å². The van der Waals surface area contributed by atoms with Crippen LogP contribution in [0.25, 0.3) is 5.69 Å². The van der Waals surface area contributed by atoms with Crippen molar-refractivity contribution in [2.75, 3.05) is 26.1 Å². The van der Waals surface area contributed by atoms with Crippen LogP contribution in [0.2, 0.25) is 5.02 Å². The minimum absolute atomic E-state index is 0.0263. The minimum atomic E-state index is -4.06. The van der Waals surface area contributed by atoms with Crippen molar-refractivity contribution in [2.45, 2.75) is 49.9 Å². The van der Waals surface area contributed by atoms with Crippen LogP contribution < -0.4 is 14.2 Å². The summed E-state index contributed by atoms with van der Waals surface area (Å²) in [5, 5.41) is 7.91. The molecule has 1 aromatic carbocycles. The number of para-hydroxylation sites is 1. The first-order valence-corrected chi connectivity index (χ1v) is 13.4. The van der Waals surface area contributed by atoms with E-state index in [0.717, 1.165) is 25.7 Å². The van der Waals surface area contributed by atoms with E-state index >= 15 is 0 Å². The van der Waals surface area contributed by atoms with Crippen molar-refractivity contribution in [3.8, 4) is 17.2 Å². The zero-order valence-corrected chi connectivity index (χ0v) is 22.1. The van der Waals surface area contributed by atoms with Gasteiger partial charge in [0.25, 0.3) is 0 Å². The number of halogens is 1. The predicted molar refractivity (Wildman–Crippen MR) is 134 cm³/mol. The number of methoxy groups -OCH3 is 3. The highest BCUT2D eigenvalue weighted by Gasteiger charge is 2.36. The summed E-state index contributed by atoms with van der Waals surface area (Å²) in [4.78, 5) is 8.26. The fraction of sp³-hybridized carbons (Fsp3) is 0.478. The average Bonchev–Trinajstić information content (AvgIpc) is 3.54. The van der Waals surface area contributed by atoms with Gasteiger partial charge < -0.3 is 14.2 Å². The molecule has 0 unspecified atom stereocenters. The predicted octanol–water partition coefficient (Wildman–Crippen LogP) is 3.90. The second-order valence-corrected chi connectivity index (χ2v) is 11.0. The van der Waals surface area contributed by atoms with Crippen LogP contribution in [0.4, 0.5) is 5.95 Å². The third kappa shape index (κ3) is 5.11. The molecule has 1 N–H and O–H groups in total. The number of benzene rings is 1. The Morgan fingerprint density at radius 1 is 1.06 bits per heavy atom. The van der Waals surface area contributed by atoms with E-state index in [1.165, 1.54) is 26.4 Å². The van der Waals surface area contributed by atoms with Crippen molar-refractivity contribution >= 4 is 27.6 Å². The molecular weight excluding hydrogens is 508 g/mol. The van der Waals surface area contributed by atoms with Crippen LogP contribution in [0, 0.1) is 0 Å². The molecule has 11 nitrogen and oxygen atoms in total. The van der Waals surface area contributed by atoms with Gasteiger partial charge in [0.1, 0.15) is 34.4 Å². The molecule has 0 amide bonds. The first-order chi connectivity index (χ1) is 17.3. The molecule has 0 bridgehead atoms. The molecule has 4 rings (SSSR count). The van der Waals surface area contributed by atoms with Crippen molar-refractivity contribution in [1.82, 2.24) is 24.7 Å². The van der Waals surface area contributed by atoms with Gasteiger partial charge in [0, 0.05) is 25.4 Å². The number of ether oxygens (including phenoxy) is 3. The van der Waals surface area contributed by atoms with Crippen LogP contribution in [-0.4, -0.2) is 59.7 Å². The Bertz CT molecular complexity index is 1270. The first kappa shape index (κ1) is 26.1. The highest BCUT2D eigenvalue weighted by atomic mass is 35.5.